The van der Waals surface area contributed by atoms with Gasteiger partial charge in [0.2, 0.25) is 11.1 Å². The van der Waals surface area contributed by atoms with Gasteiger partial charge in [-0.3, -0.25) is 14.5 Å². The molecular weight excluding hydrogens is 450 g/mol. The number of aromatic nitrogens is 4. The first-order chi connectivity index (χ1) is 15.6. The summed E-state index contributed by atoms with van der Waals surface area (Å²) in [5.41, 5.74) is 1.13. The van der Waals surface area contributed by atoms with Gasteiger partial charge < -0.3 is 4.74 Å². The molecule has 2 heterocycles. The van der Waals surface area contributed by atoms with Crippen molar-refractivity contribution in [2.45, 2.75) is 36.6 Å². The van der Waals surface area contributed by atoms with Crippen LogP contribution in [0.15, 0.2) is 53.7 Å². The standard InChI is InChI=1S/C22H22ClN5O3S/c1-2-31-18-8-4-3-7-17(18)28-22(24-25-26-28)32-19-9-5-6-14-27(21(19)30)20(29)15-10-12-16(23)13-11-15/h3-4,7-8,10-13,19H,2,5-6,9,14H2,1H3. The molecule has 8 nitrogen and oxygen atoms in total. The zero-order valence-corrected chi connectivity index (χ0v) is 19.1. The quantitative estimate of drug-likeness (QED) is 0.501. The highest BCUT2D eigenvalue weighted by Crippen LogP contribution is 2.32. The highest BCUT2D eigenvalue weighted by atomic mass is 35.5. The van der Waals surface area contributed by atoms with Crippen molar-refractivity contribution in [1.82, 2.24) is 25.1 Å². The fraction of sp³-hybridized carbons (Fsp3) is 0.318. The second-order valence-electron chi connectivity index (χ2n) is 7.18. The summed E-state index contributed by atoms with van der Waals surface area (Å²) >= 11 is 7.20. The summed E-state index contributed by atoms with van der Waals surface area (Å²) in [6.45, 7) is 2.79. The monoisotopic (exact) mass is 471 g/mol. The summed E-state index contributed by atoms with van der Waals surface area (Å²) in [7, 11) is 0. The number of carbonyl (C=O) groups excluding carboxylic acids is 2. The van der Waals surface area contributed by atoms with Crippen molar-refractivity contribution in [2.24, 2.45) is 0 Å². The third-order valence-corrected chi connectivity index (χ3v) is 6.50. The van der Waals surface area contributed by atoms with Crippen molar-refractivity contribution in [3.8, 4) is 11.4 Å². The summed E-state index contributed by atoms with van der Waals surface area (Å²) in [6.07, 6.45) is 2.21. The van der Waals surface area contributed by atoms with Gasteiger partial charge >= 0.3 is 0 Å². The number of ether oxygens (including phenoxy) is 1. The predicted molar refractivity (Wildman–Crippen MR) is 121 cm³/mol. The molecule has 1 atom stereocenters. The van der Waals surface area contributed by atoms with Crippen molar-refractivity contribution >= 4 is 35.2 Å². The lowest BCUT2D eigenvalue weighted by Crippen LogP contribution is -2.41. The molecule has 1 saturated heterocycles. The van der Waals surface area contributed by atoms with E-state index in [0.29, 0.717) is 46.8 Å². The summed E-state index contributed by atoms with van der Waals surface area (Å²) in [5.74, 6) is 0.0939. The molecular formula is C22H22ClN5O3S. The van der Waals surface area contributed by atoms with E-state index in [-0.39, 0.29) is 11.8 Å². The number of imide groups is 1. The average molecular weight is 472 g/mol. The molecule has 32 heavy (non-hydrogen) atoms. The molecule has 1 aliphatic heterocycles. The Labute approximate surface area is 194 Å². The number of likely N-dealkylation sites (tertiary alicyclic amines) is 1. The molecule has 0 saturated carbocycles. The molecule has 2 amide bonds. The molecule has 0 radical (unpaired) electrons. The highest BCUT2D eigenvalue weighted by Gasteiger charge is 2.33. The number of benzene rings is 2. The van der Waals surface area contributed by atoms with Gasteiger partial charge in [0, 0.05) is 17.1 Å². The Bertz CT molecular complexity index is 1100. The van der Waals surface area contributed by atoms with Crippen LogP contribution in [0.5, 0.6) is 5.75 Å². The molecule has 1 unspecified atom stereocenters. The molecule has 3 aromatic rings. The van der Waals surface area contributed by atoms with E-state index in [0.717, 1.165) is 12.8 Å². The first kappa shape index (κ1) is 22.3. The van der Waals surface area contributed by atoms with Gasteiger partial charge in [-0.25, -0.2) is 0 Å². The van der Waals surface area contributed by atoms with E-state index in [1.807, 2.05) is 31.2 Å². The van der Waals surface area contributed by atoms with Crippen molar-refractivity contribution in [1.29, 1.82) is 0 Å². The lowest BCUT2D eigenvalue weighted by molar-refractivity contribution is -0.127. The summed E-state index contributed by atoms with van der Waals surface area (Å²) in [4.78, 5) is 27.7. The van der Waals surface area contributed by atoms with Crippen LogP contribution < -0.4 is 4.74 Å². The Morgan fingerprint density at radius 3 is 2.75 bits per heavy atom. The van der Waals surface area contributed by atoms with Crippen LogP contribution in [-0.4, -0.2) is 55.3 Å². The number of tetrazole rings is 1. The van der Waals surface area contributed by atoms with Gasteiger partial charge in [-0.15, -0.1) is 5.10 Å². The third kappa shape index (κ3) is 4.78. The maximum atomic E-state index is 13.3. The van der Waals surface area contributed by atoms with E-state index in [1.54, 1.807) is 28.9 Å². The molecule has 0 aliphatic carbocycles. The van der Waals surface area contributed by atoms with Crippen LogP contribution in [0.1, 0.15) is 36.5 Å². The van der Waals surface area contributed by atoms with Crippen LogP contribution in [-0.2, 0) is 4.79 Å². The van der Waals surface area contributed by atoms with Crippen LogP contribution in [0.3, 0.4) is 0 Å². The van der Waals surface area contributed by atoms with Gasteiger partial charge in [-0.2, -0.15) is 4.68 Å². The summed E-state index contributed by atoms with van der Waals surface area (Å²) in [5, 5.41) is 12.6. The second kappa shape index (κ2) is 10.1. The SMILES string of the molecule is CCOc1ccccc1-n1nnnc1SC1CCCCN(C(=O)c2ccc(Cl)cc2)C1=O. The van der Waals surface area contributed by atoms with E-state index in [9.17, 15) is 9.59 Å². The molecule has 1 aromatic heterocycles. The molecule has 4 rings (SSSR count). The second-order valence-corrected chi connectivity index (χ2v) is 8.78. The van der Waals surface area contributed by atoms with Crippen LogP contribution in [0.4, 0.5) is 0 Å². The fourth-order valence-corrected chi connectivity index (χ4v) is 4.72. The lowest BCUT2D eigenvalue weighted by Gasteiger charge is -2.22. The fourth-order valence-electron chi connectivity index (χ4n) is 3.51. The van der Waals surface area contributed by atoms with Gasteiger partial charge in [0.1, 0.15) is 11.4 Å². The lowest BCUT2D eigenvalue weighted by atomic mass is 10.2. The number of hydrogen-bond acceptors (Lipinski definition) is 7. The number of para-hydroxylation sites is 2. The first-order valence-electron chi connectivity index (χ1n) is 10.4. The molecule has 0 spiro atoms. The average Bonchev–Trinajstić information content (AvgIpc) is 3.18. The van der Waals surface area contributed by atoms with E-state index >= 15 is 0 Å². The molecule has 10 heteroatoms. The van der Waals surface area contributed by atoms with Crippen molar-refractivity contribution in [3.63, 3.8) is 0 Å². The molecule has 1 fully saturated rings. The summed E-state index contributed by atoms with van der Waals surface area (Å²) in [6, 6.07) is 14.0. The maximum absolute atomic E-state index is 13.3. The third-order valence-electron chi connectivity index (χ3n) is 5.06. The topological polar surface area (TPSA) is 90.2 Å². The van der Waals surface area contributed by atoms with Gasteiger partial charge in [0.15, 0.2) is 0 Å². The van der Waals surface area contributed by atoms with E-state index < -0.39 is 5.25 Å². The molecule has 1 aliphatic rings. The van der Waals surface area contributed by atoms with Gasteiger partial charge in [-0.05, 0) is 66.6 Å². The van der Waals surface area contributed by atoms with Crippen LogP contribution in [0, 0.1) is 0 Å². The Kier molecular flexibility index (Phi) is 7.06. The molecule has 2 aromatic carbocycles. The Balaban J connectivity index is 1.57. The minimum absolute atomic E-state index is 0.236. The number of amides is 2. The zero-order valence-electron chi connectivity index (χ0n) is 17.5. The molecule has 0 bridgehead atoms. The van der Waals surface area contributed by atoms with E-state index in [2.05, 4.69) is 15.5 Å². The van der Waals surface area contributed by atoms with Gasteiger partial charge in [-0.1, -0.05) is 41.9 Å². The van der Waals surface area contributed by atoms with Crippen LogP contribution in [0.25, 0.3) is 5.69 Å². The predicted octanol–water partition coefficient (Wildman–Crippen LogP) is 4.03. The number of halogens is 1. The largest absolute Gasteiger partial charge is 0.492 e. The van der Waals surface area contributed by atoms with E-state index in [4.69, 9.17) is 16.3 Å². The number of rotatable bonds is 6. The van der Waals surface area contributed by atoms with Crippen molar-refractivity contribution in [3.05, 3.63) is 59.1 Å². The minimum Gasteiger partial charge on any atom is -0.492 e. The van der Waals surface area contributed by atoms with Crippen molar-refractivity contribution < 1.29 is 14.3 Å². The maximum Gasteiger partial charge on any atom is 0.260 e. The normalized spacial score (nSPS) is 16.6. The smallest absolute Gasteiger partial charge is 0.260 e. The highest BCUT2D eigenvalue weighted by molar-refractivity contribution is 8.00. The number of thioether (sulfide) groups is 1. The zero-order chi connectivity index (χ0) is 22.5. The van der Waals surface area contributed by atoms with Gasteiger partial charge in [0.05, 0.1) is 11.9 Å². The molecule has 0 N–H and O–H groups in total. The van der Waals surface area contributed by atoms with E-state index in [1.165, 1.54) is 16.7 Å². The van der Waals surface area contributed by atoms with Gasteiger partial charge in [0.25, 0.3) is 5.91 Å². The number of hydrogen-bond donors (Lipinski definition) is 0. The Morgan fingerprint density at radius 1 is 1.19 bits per heavy atom. The Hall–Kier alpha value is -2.91. The Morgan fingerprint density at radius 2 is 1.97 bits per heavy atom. The molecule has 166 valence electrons. The van der Waals surface area contributed by atoms with Crippen LogP contribution in [0.2, 0.25) is 5.02 Å². The minimum atomic E-state index is -0.474. The summed E-state index contributed by atoms with van der Waals surface area (Å²) < 4.78 is 7.27. The number of nitrogens with zero attached hydrogens (tertiary/aromatic N) is 5. The van der Waals surface area contributed by atoms with Crippen LogP contribution >= 0.6 is 23.4 Å². The first-order valence-corrected chi connectivity index (χ1v) is 11.6. The van der Waals surface area contributed by atoms with Crippen molar-refractivity contribution in [2.75, 3.05) is 13.2 Å². The number of carbonyl (C=O) groups is 2.